The van der Waals surface area contributed by atoms with Crippen molar-refractivity contribution in [1.29, 1.82) is 0 Å². The van der Waals surface area contributed by atoms with Crippen LogP contribution in [0.25, 0.3) is 0 Å². The Morgan fingerprint density at radius 2 is 2.53 bits per heavy atom. The smallest absolute Gasteiger partial charge is 0.272 e. The molecule has 2 heterocycles. The predicted octanol–water partition coefficient (Wildman–Crippen LogP) is 1.81. The lowest BCUT2D eigenvalue weighted by Gasteiger charge is -2.34. The molecule has 0 aliphatic carbocycles. The Labute approximate surface area is 89.7 Å². The summed E-state index contributed by atoms with van der Waals surface area (Å²) in [5.41, 5.74) is 0.624. The zero-order valence-corrected chi connectivity index (χ0v) is 9.29. The van der Waals surface area contributed by atoms with E-state index in [-0.39, 0.29) is 11.4 Å². The summed E-state index contributed by atoms with van der Waals surface area (Å²) < 4.78 is 0. The molecule has 0 bridgehead atoms. The summed E-state index contributed by atoms with van der Waals surface area (Å²) in [4.78, 5) is 20.9. The Morgan fingerprint density at radius 3 is 3.13 bits per heavy atom. The molecule has 1 fully saturated rings. The minimum absolute atomic E-state index is 0.0300. The summed E-state index contributed by atoms with van der Waals surface area (Å²) in [6.45, 7) is 5.16. The molecule has 82 valence electrons. The predicted molar refractivity (Wildman–Crippen MR) is 57.6 cm³/mol. The average molecular weight is 207 g/mol. The number of aromatic nitrogens is 2. The lowest BCUT2D eigenvalue weighted by atomic mass is 9.95. The number of imidazole rings is 1. The monoisotopic (exact) mass is 207 g/mol. The molecule has 1 atom stereocenters. The Bertz CT molecular complexity index is 347. The van der Waals surface area contributed by atoms with Crippen molar-refractivity contribution in [3.63, 3.8) is 0 Å². The van der Waals surface area contributed by atoms with Gasteiger partial charge in [-0.25, -0.2) is 4.98 Å². The Morgan fingerprint density at radius 1 is 1.73 bits per heavy atom. The SMILES string of the molecule is CC[C@]1(C)CCCN1C(=O)c1cnc[nH]1. The molecule has 1 saturated heterocycles. The zero-order chi connectivity index (χ0) is 10.9. The zero-order valence-electron chi connectivity index (χ0n) is 9.29. The van der Waals surface area contributed by atoms with Crippen molar-refractivity contribution in [3.8, 4) is 0 Å². The van der Waals surface area contributed by atoms with Crippen molar-refractivity contribution < 1.29 is 4.79 Å². The summed E-state index contributed by atoms with van der Waals surface area (Å²) >= 11 is 0. The van der Waals surface area contributed by atoms with Gasteiger partial charge < -0.3 is 9.88 Å². The van der Waals surface area contributed by atoms with E-state index in [9.17, 15) is 4.79 Å². The topological polar surface area (TPSA) is 49.0 Å². The van der Waals surface area contributed by atoms with Crippen LogP contribution in [0, 0.1) is 0 Å². The fraction of sp³-hybridized carbons (Fsp3) is 0.636. The molecule has 1 N–H and O–H groups in total. The van der Waals surface area contributed by atoms with E-state index < -0.39 is 0 Å². The van der Waals surface area contributed by atoms with Crippen LogP contribution in [0.5, 0.6) is 0 Å². The molecule has 1 aromatic heterocycles. The van der Waals surface area contributed by atoms with Crippen LogP contribution < -0.4 is 0 Å². The van der Waals surface area contributed by atoms with Gasteiger partial charge in [0.15, 0.2) is 0 Å². The number of hydrogen-bond donors (Lipinski definition) is 1. The molecule has 0 radical (unpaired) electrons. The molecule has 0 aromatic carbocycles. The van der Waals surface area contributed by atoms with Gasteiger partial charge >= 0.3 is 0 Å². The lowest BCUT2D eigenvalue weighted by Crippen LogP contribution is -2.44. The van der Waals surface area contributed by atoms with Gasteiger partial charge in [-0.15, -0.1) is 0 Å². The van der Waals surface area contributed by atoms with Gasteiger partial charge in [0.2, 0.25) is 0 Å². The van der Waals surface area contributed by atoms with E-state index in [1.165, 1.54) is 0 Å². The molecule has 1 amide bonds. The highest BCUT2D eigenvalue weighted by molar-refractivity contribution is 5.92. The Kier molecular flexibility index (Phi) is 2.50. The van der Waals surface area contributed by atoms with E-state index in [1.54, 1.807) is 12.5 Å². The van der Waals surface area contributed by atoms with Crippen LogP contribution in [0.4, 0.5) is 0 Å². The summed E-state index contributed by atoms with van der Waals surface area (Å²) in [6.07, 6.45) is 6.35. The van der Waals surface area contributed by atoms with E-state index in [2.05, 4.69) is 23.8 Å². The first-order valence-corrected chi connectivity index (χ1v) is 5.48. The molecule has 2 rings (SSSR count). The number of H-pyrrole nitrogens is 1. The number of carbonyl (C=O) groups is 1. The standard InChI is InChI=1S/C11H17N3O/c1-3-11(2)5-4-6-14(11)10(15)9-7-12-8-13-9/h7-8H,3-6H2,1-2H3,(H,12,13)/t11-/m1/s1. The number of likely N-dealkylation sites (tertiary alicyclic amines) is 1. The van der Waals surface area contributed by atoms with Crippen LogP contribution in [0.15, 0.2) is 12.5 Å². The molecular weight excluding hydrogens is 190 g/mol. The van der Waals surface area contributed by atoms with Gasteiger partial charge in [0.05, 0.1) is 12.5 Å². The third-order valence-corrected chi connectivity index (χ3v) is 3.48. The lowest BCUT2D eigenvalue weighted by molar-refractivity contribution is 0.0612. The Hall–Kier alpha value is -1.32. The number of carbonyl (C=O) groups excluding carboxylic acids is 1. The highest BCUT2D eigenvalue weighted by Gasteiger charge is 2.38. The van der Waals surface area contributed by atoms with E-state index in [0.29, 0.717) is 5.69 Å². The second-order valence-electron chi connectivity index (χ2n) is 4.38. The maximum absolute atomic E-state index is 12.1. The van der Waals surface area contributed by atoms with Gasteiger partial charge in [0.25, 0.3) is 5.91 Å². The molecule has 4 heteroatoms. The van der Waals surface area contributed by atoms with E-state index in [0.717, 1.165) is 25.8 Å². The maximum atomic E-state index is 12.1. The van der Waals surface area contributed by atoms with E-state index >= 15 is 0 Å². The van der Waals surface area contributed by atoms with Crippen molar-refractivity contribution in [3.05, 3.63) is 18.2 Å². The molecule has 15 heavy (non-hydrogen) atoms. The molecule has 1 aliphatic heterocycles. The minimum atomic E-state index is 0.0300. The van der Waals surface area contributed by atoms with E-state index in [4.69, 9.17) is 0 Å². The van der Waals surface area contributed by atoms with Crippen LogP contribution in [0.3, 0.4) is 0 Å². The summed E-state index contributed by atoms with van der Waals surface area (Å²) in [5, 5.41) is 0. The second-order valence-corrected chi connectivity index (χ2v) is 4.38. The molecule has 1 aromatic rings. The molecule has 1 aliphatic rings. The normalized spacial score (nSPS) is 25.9. The molecule has 4 nitrogen and oxygen atoms in total. The van der Waals surface area contributed by atoms with Crippen molar-refractivity contribution in [2.45, 2.75) is 38.6 Å². The van der Waals surface area contributed by atoms with Crippen molar-refractivity contribution in [2.24, 2.45) is 0 Å². The van der Waals surface area contributed by atoms with Crippen LogP contribution >= 0.6 is 0 Å². The molecular formula is C11H17N3O. The largest absolute Gasteiger partial charge is 0.341 e. The fourth-order valence-electron chi connectivity index (χ4n) is 2.26. The second kappa shape index (κ2) is 3.68. The third-order valence-electron chi connectivity index (χ3n) is 3.48. The molecule has 0 saturated carbocycles. The minimum Gasteiger partial charge on any atom is -0.341 e. The molecule has 0 unspecified atom stereocenters. The van der Waals surface area contributed by atoms with Crippen LogP contribution in [0.1, 0.15) is 43.6 Å². The van der Waals surface area contributed by atoms with Gasteiger partial charge in [-0.2, -0.15) is 0 Å². The number of aromatic amines is 1. The first-order valence-electron chi connectivity index (χ1n) is 5.48. The van der Waals surface area contributed by atoms with Crippen LogP contribution in [0.2, 0.25) is 0 Å². The number of rotatable bonds is 2. The van der Waals surface area contributed by atoms with Crippen molar-refractivity contribution in [1.82, 2.24) is 14.9 Å². The van der Waals surface area contributed by atoms with Gasteiger partial charge in [-0.3, -0.25) is 4.79 Å². The van der Waals surface area contributed by atoms with Crippen LogP contribution in [-0.2, 0) is 0 Å². The van der Waals surface area contributed by atoms with Gasteiger partial charge in [0.1, 0.15) is 5.69 Å². The van der Waals surface area contributed by atoms with Crippen molar-refractivity contribution in [2.75, 3.05) is 6.54 Å². The number of nitrogens with one attached hydrogen (secondary N) is 1. The number of hydrogen-bond acceptors (Lipinski definition) is 2. The Balaban J connectivity index is 2.21. The average Bonchev–Trinajstić information content (AvgIpc) is 2.86. The van der Waals surface area contributed by atoms with Crippen molar-refractivity contribution >= 4 is 5.91 Å². The van der Waals surface area contributed by atoms with Crippen LogP contribution in [-0.4, -0.2) is 32.9 Å². The maximum Gasteiger partial charge on any atom is 0.272 e. The number of amides is 1. The highest BCUT2D eigenvalue weighted by Crippen LogP contribution is 2.32. The fourth-order valence-corrected chi connectivity index (χ4v) is 2.26. The summed E-state index contributed by atoms with van der Waals surface area (Å²) in [5.74, 6) is 0.0781. The summed E-state index contributed by atoms with van der Waals surface area (Å²) in [7, 11) is 0. The molecule has 0 spiro atoms. The summed E-state index contributed by atoms with van der Waals surface area (Å²) in [6, 6.07) is 0. The highest BCUT2D eigenvalue weighted by atomic mass is 16.2. The third kappa shape index (κ3) is 1.64. The first-order chi connectivity index (χ1) is 7.17. The quantitative estimate of drug-likeness (QED) is 0.804. The van der Waals surface area contributed by atoms with Gasteiger partial charge in [-0.1, -0.05) is 6.92 Å². The number of nitrogens with zero attached hydrogens (tertiary/aromatic N) is 2. The van der Waals surface area contributed by atoms with Gasteiger partial charge in [0, 0.05) is 12.1 Å². The van der Waals surface area contributed by atoms with Gasteiger partial charge in [-0.05, 0) is 26.2 Å². The first kappa shape index (κ1) is 10.2. The van der Waals surface area contributed by atoms with E-state index in [1.807, 2.05) is 4.90 Å².